The molecule has 0 aliphatic rings. The van der Waals surface area contributed by atoms with Gasteiger partial charge in [-0.3, -0.25) is 0 Å². The Hall–Kier alpha value is 0.130. The molecule has 3 N–H and O–H groups in total. The van der Waals surface area contributed by atoms with Gasteiger partial charge >= 0.3 is 0 Å². The molecule has 0 aromatic heterocycles. The zero-order chi connectivity index (χ0) is 9.72. The van der Waals surface area contributed by atoms with Crippen LogP contribution in [-0.4, -0.2) is 51.2 Å². The molecule has 0 fully saturated rings. The van der Waals surface area contributed by atoms with Crippen molar-refractivity contribution in [1.29, 1.82) is 0 Å². The highest BCUT2D eigenvalue weighted by molar-refractivity contribution is 6.23. The molecule has 0 rings (SSSR count). The minimum absolute atomic E-state index is 0.140. The number of aliphatic hydroxyl groups is 3. The maximum Gasteiger partial charge on any atom is 0.151 e. The van der Waals surface area contributed by atoms with Crippen molar-refractivity contribution in [3.05, 3.63) is 0 Å². The zero-order valence-corrected chi connectivity index (χ0v) is 7.61. The molecule has 0 aromatic carbocycles. The summed E-state index contributed by atoms with van der Waals surface area (Å²) >= 11 is 10.7. The van der Waals surface area contributed by atoms with Gasteiger partial charge in [0.2, 0.25) is 0 Å². The number of alkyl halides is 2. The number of halogens is 2. The van der Waals surface area contributed by atoms with E-state index in [1.807, 2.05) is 0 Å². The van der Waals surface area contributed by atoms with E-state index in [1.165, 1.54) is 0 Å². The minimum atomic E-state index is -1.59. The molecule has 0 radical (unpaired) electrons. The second-order valence-electron chi connectivity index (χ2n) is 2.28. The molecule has 0 spiro atoms. The van der Waals surface area contributed by atoms with Crippen molar-refractivity contribution >= 4 is 29.5 Å². The van der Waals surface area contributed by atoms with E-state index < -0.39 is 23.7 Å². The summed E-state index contributed by atoms with van der Waals surface area (Å²) in [4.78, 5) is 9.98. The lowest BCUT2D eigenvalue weighted by atomic mass is 10.1. The van der Waals surface area contributed by atoms with E-state index in [4.69, 9.17) is 38.5 Å². The molecular weight excluding hydrogens is 207 g/mol. The van der Waals surface area contributed by atoms with Crippen LogP contribution in [0.3, 0.4) is 0 Å². The number of hydrogen-bond acceptors (Lipinski definition) is 4. The summed E-state index contributed by atoms with van der Waals surface area (Å²) < 4.78 is 0. The minimum Gasteiger partial charge on any atom is -0.390 e. The van der Waals surface area contributed by atoms with Crippen LogP contribution in [-0.2, 0) is 4.79 Å². The Morgan fingerprint density at radius 3 is 2.17 bits per heavy atom. The zero-order valence-electron chi connectivity index (χ0n) is 6.10. The van der Waals surface area contributed by atoms with Gasteiger partial charge in [0.1, 0.15) is 12.2 Å². The van der Waals surface area contributed by atoms with Crippen molar-refractivity contribution < 1.29 is 20.1 Å². The van der Waals surface area contributed by atoms with Gasteiger partial charge in [0.05, 0.1) is 11.5 Å². The average molecular weight is 217 g/mol. The Bertz CT molecular complexity index is 144. The van der Waals surface area contributed by atoms with Gasteiger partial charge in [-0.05, 0) is 0 Å². The van der Waals surface area contributed by atoms with Crippen molar-refractivity contribution in [2.45, 2.75) is 23.7 Å². The Kier molecular flexibility index (Phi) is 5.78. The number of hydrogen-bond donors (Lipinski definition) is 3. The van der Waals surface area contributed by atoms with E-state index in [0.29, 0.717) is 0 Å². The number of carbonyl (C=O) groups excluding carboxylic acids is 1. The number of rotatable bonds is 5. The summed E-state index contributed by atoms with van der Waals surface area (Å²) in [5, 5.41) is 25.7. The topological polar surface area (TPSA) is 77.8 Å². The van der Waals surface area contributed by atoms with Gasteiger partial charge < -0.3 is 20.1 Å². The SMILES string of the molecule is O=C[C@@H](O)[C@@H](O)[C@@H](Cl)[C@@H](O)CCl. The molecule has 0 unspecified atom stereocenters. The molecule has 4 nitrogen and oxygen atoms in total. The summed E-state index contributed by atoms with van der Waals surface area (Å²) in [6.45, 7) is 0. The van der Waals surface area contributed by atoms with Gasteiger partial charge in [0.15, 0.2) is 6.29 Å². The Morgan fingerprint density at radius 2 is 1.83 bits per heavy atom. The van der Waals surface area contributed by atoms with Gasteiger partial charge in [0.25, 0.3) is 0 Å². The molecule has 0 aliphatic carbocycles. The lowest BCUT2D eigenvalue weighted by Gasteiger charge is -2.21. The third-order valence-corrected chi connectivity index (χ3v) is 2.21. The van der Waals surface area contributed by atoms with E-state index in [9.17, 15) is 4.79 Å². The molecule has 0 heterocycles. The van der Waals surface area contributed by atoms with Gasteiger partial charge in [-0.25, -0.2) is 0 Å². The predicted octanol–water partition coefficient (Wildman–Crippen LogP) is -0.886. The van der Waals surface area contributed by atoms with Crippen molar-refractivity contribution in [2.24, 2.45) is 0 Å². The summed E-state index contributed by atoms with van der Waals surface area (Å²) in [5.74, 6) is -0.170. The van der Waals surface area contributed by atoms with Crippen LogP contribution in [0.2, 0.25) is 0 Å². The Balaban J connectivity index is 4.07. The van der Waals surface area contributed by atoms with Crippen LogP contribution in [0.4, 0.5) is 0 Å². The van der Waals surface area contributed by atoms with Crippen molar-refractivity contribution in [3.8, 4) is 0 Å². The first-order valence-corrected chi connectivity index (χ1v) is 4.21. The smallest absolute Gasteiger partial charge is 0.151 e. The average Bonchev–Trinajstić information content (AvgIpc) is 2.12. The highest BCUT2D eigenvalue weighted by atomic mass is 35.5. The maximum absolute atomic E-state index is 9.98. The standard InChI is InChI=1S/C6H10Cl2O4/c7-1-3(10)5(8)6(12)4(11)2-9/h2-6,10-12H,1H2/t3-,4+,5-,6+/m0/s1. The monoisotopic (exact) mass is 216 g/mol. The van der Waals surface area contributed by atoms with E-state index in [2.05, 4.69) is 0 Å². The first-order chi connectivity index (χ1) is 5.54. The summed E-state index contributed by atoms with van der Waals surface area (Å²) in [6.07, 6.45) is -4.11. The molecule has 6 heteroatoms. The fraction of sp³-hybridized carbons (Fsp3) is 0.833. The summed E-state index contributed by atoms with van der Waals surface area (Å²) in [6, 6.07) is 0. The highest BCUT2D eigenvalue weighted by Crippen LogP contribution is 2.12. The fourth-order valence-corrected chi connectivity index (χ4v) is 1.10. The van der Waals surface area contributed by atoms with Crippen LogP contribution in [0.1, 0.15) is 0 Å². The van der Waals surface area contributed by atoms with Crippen LogP contribution in [0.25, 0.3) is 0 Å². The second-order valence-corrected chi connectivity index (χ2v) is 3.10. The molecule has 4 atom stereocenters. The van der Waals surface area contributed by atoms with Gasteiger partial charge in [-0.2, -0.15) is 0 Å². The molecule has 0 bridgehead atoms. The normalized spacial score (nSPS) is 21.1. The van der Waals surface area contributed by atoms with Crippen molar-refractivity contribution in [2.75, 3.05) is 5.88 Å². The van der Waals surface area contributed by atoms with Gasteiger partial charge in [-0.15, -0.1) is 23.2 Å². The molecule has 0 saturated heterocycles. The number of aldehydes is 1. The number of aliphatic hydroxyl groups excluding tert-OH is 3. The molecule has 0 aliphatic heterocycles. The van der Waals surface area contributed by atoms with E-state index in [0.717, 1.165) is 0 Å². The molecule has 72 valence electrons. The van der Waals surface area contributed by atoms with E-state index in [1.54, 1.807) is 0 Å². The largest absolute Gasteiger partial charge is 0.390 e. The van der Waals surface area contributed by atoms with Crippen LogP contribution in [0.15, 0.2) is 0 Å². The van der Waals surface area contributed by atoms with Gasteiger partial charge in [0, 0.05) is 5.88 Å². The lowest BCUT2D eigenvalue weighted by molar-refractivity contribution is -0.120. The second kappa shape index (κ2) is 5.72. The Morgan fingerprint density at radius 1 is 1.33 bits per heavy atom. The van der Waals surface area contributed by atoms with Crippen LogP contribution in [0, 0.1) is 0 Å². The molecule has 0 aromatic rings. The maximum atomic E-state index is 9.98. The third kappa shape index (κ3) is 3.25. The summed E-state index contributed by atoms with van der Waals surface area (Å²) in [7, 11) is 0. The third-order valence-electron chi connectivity index (χ3n) is 1.34. The molecule has 0 amide bonds. The molecule has 12 heavy (non-hydrogen) atoms. The fourth-order valence-electron chi connectivity index (χ4n) is 0.582. The Labute approximate surface area is 79.7 Å². The first-order valence-electron chi connectivity index (χ1n) is 3.24. The van der Waals surface area contributed by atoms with E-state index >= 15 is 0 Å². The summed E-state index contributed by atoms with van der Waals surface area (Å²) in [5.41, 5.74) is 0. The van der Waals surface area contributed by atoms with Crippen LogP contribution < -0.4 is 0 Å². The van der Waals surface area contributed by atoms with Crippen molar-refractivity contribution in [1.82, 2.24) is 0 Å². The number of carbonyl (C=O) groups is 1. The predicted molar refractivity (Wildman–Crippen MR) is 44.4 cm³/mol. The van der Waals surface area contributed by atoms with Gasteiger partial charge in [-0.1, -0.05) is 0 Å². The molecular formula is C6H10Cl2O4. The van der Waals surface area contributed by atoms with E-state index in [-0.39, 0.29) is 12.2 Å². The van der Waals surface area contributed by atoms with Crippen LogP contribution >= 0.6 is 23.2 Å². The highest BCUT2D eigenvalue weighted by Gasteiger charge is 2.29. The quantitative estimate of drug-likeness (QED) is 0.412. The molecule has 0 saturated carbocycles. The van der Waals surface area contributed by atoms with Crippen LogP contribution in [0.5, 0.6) is 0 Å². The lowest BCUT2D eigenvalue weighted by Crippen LogP contribution is -2.42. The first kappa shape index (κ1) is 12.1. The van der Waals surface area contributed by atoms with Crippen molar-refractivity contribution in [3.63, 3.8) is 0 Å².